The van der Waals surface area contributed by atoms with E-state index in [1.54, 1.807) is 6.92 Å². The Morgan fingerprint density at radius 3 is 2.50 bits per heavy atom. The van der Waals surface area contributed by atoms with Crippen LogP contribution in [-0.2, 0) is 4.74 Å². The molecule has 0 saturated carbocycles. The van der Waals surface area contributed by atoms with E-state index >= 15 is 0 Å². The van der Waals surface area contributed by atoms with Gasteiger partial charge in [0.25, 0.3) is 5.22 Å². The molecule has 0 spiro atoms. The largest absolute Gasteiger partial charge is 0.459 e. The molecule has 0 atom stereocenters. The van der Waals surface area contributed by atoms with Gasteiger partial charge in [0.15, 0.2) is 0 Å². The highest BCUT2D eigenvalue weighted by atomic mass is 32.2. The van der Waals surface area contributed by atoms with E-state index in [1.807, 2.05) is 0 Å². The first-order valence-electron chi connectivity index (χ1n) is 7.41. The minimum Gasteiger partial charge on any atom is -0.459 e. The molecule has 5 nitrogen and oxygen atoms in total. The number of ether oxygens (including phenoxy) is 1. The van der Waals surface area contributed by atoms with E-state index < -0.39 is 5.97 Å². The van der Waals surface area contributed by atoms with Gasteiger partial charge in [0, 0.05) is 5.75 Å². The zero-order valence-electron chi connectivity index (χ0n) is 12.4. The third-order valence-corrected chi connectivity index (χ3v) is 3.73. The zero-order valence-corrected chi connectivity index (χ0v) is 13.2. The molecule has 0 radical (unpaired) electrons. The number of unbranched alkanes of at least 4 members (excludes halogenated alkanes) is 6. The average molecular weight is 300 g/mol. The molecule has 0 aliphatic heterocycles. The molecule has 20 heavy (non-hydrogen) atoms. The fourth-order valence-corrected chi connectivity index (χ4v) is 2.52. The maximum Gasteiger partial charge on any atom is 0.396 e. The zero-order chi connectivity index (χ0) is 14.6. The number of carbonyl (C=O) groups excluding carboxylic acids is 1. The molecule has 0 aliphatic carbocycles. The lowest BCUT2D eigenvalue weighted by atomic mass is 10.1. The minimum atomic E-state index is -0.553. The number of esters is 1. The van der Waals surface area contributed by atoms with Gasteiger partial charge in [-0.1, -0.05) is 62.3 Å². The van der Waals surface area contributed by atoms with Crippen molar-refractivity contribution in [1.82, 2.24) is 10.2 Å². The van der Waals surface area contributed by atoms with Crippen molar-refractivity contribution in [2.24, 2.45) is 0 Å². The second-order valence-electron chi connectivity index (χ2n) is 4.56. The van der Waals surface area contributed by atoms with Crippen molar-refractivity contribution in [3.63, 3.8) is 0 Å². The SMILES string of the molecule is CCCCCCCCCSc1nnc(C(=O)OCC)o1. The Labute approximate surface area is 124 Å². The second-order valence-corrected chi connectivity index (χ2v) is 5.61. The average Bonchev–Trinajstić information content (AvgIpc) is 2.91. The normalized spacial score (nSPS) is 10.7. The molecule has 1 aromatic heterocycles. The first-order chi connectivity index (χ1) is 9.77. The predicted molar refractivity (Wildman–Crippen MR) is 79.0 cm³/mol. The topological polar surface area (TPSA) is 65.2 Å². The summed E-state index contributed by atoms with van der Waals surface area (Å²) >= 11 is 1.50. The third-order valence-electron chi connectivity index (χ3n) is 2.83. The van der Waals surface area contributed by atoms with Crippen LogP contribution in [0.4, 0.5) is 0 Å². The summed E-state index contributed by atoms with van der Waals surface area (Å²) in [5.74, 6) is 0.329. The molecule has 0 unspecified atom stereocenters. The van der Waals surface area contributed by atoms with E-state index in [0.29, 0.717) is 11.8 Å². The van der Waals surface area contributed by atoms with E-state index in [1.165, 1.54) is 50.3 Å². The number of nitrogens with zero attached hydrogens (tertiary/aromatic N) is 2. The molecule has 1 rings (SSSR count). The summed E-state index contributed by atoms with van der Waals surface area (Å²) < 4.78 is 10.0. The monoisotopic (exact) mass is 300 g/mol. The highest BCUT2D eigenvalue weighted by molar-refractivity contribution is 7.99. The van der Waals surface area contributed by atoms with Gasteiger partial charge < -0.3 is 9.15 Å². The van der Waals surface area contributed by atoms with Crippen molar-refractivity contribution in [3.05, 3.63) is 5.89 Å². The van der Waals surface area contributed by atoms with Crippen molar-refractivity contribution < 1.29 is 13.9 Å². The molecule has 0 bridgehead atoms. The Kier molecular flexibility index (Phi) is 9.11. The van der Waals surface area contributed by atoms with E-state index in [2.05, 4.69) is 17.1 Å². The van der Waals surface area contributed by atoms with Gasteiger partial charge in [-0.3, -0.25) is 0 Å². The molecule has 1 heterocycles. The molecule has 0 amide bonds. The van der Waals surface area contributed by atoms with Crippen LogP contribution in [0.5, 0.6) is 0 Å². The second kappa shape index (κ2) is 10.7. The standard InChI is InChI=1S/C14H24N2O3S/c1-3-5-6-7-8-9-10-11-20-14-16-15-12(19-14)13(17)18-4-2/h3-11H2,1-2H3. The molecule has 114 valence electrons. The van der Waals surface area contributed by atoms with Crippen molar-refractivity contribution in [3.8, 4) is 0 Å². The van der Waals surface area contributed by atoms with E-state index in [-0.39, 0.29) is 5.89 Å². The number of rotatable bonds is 11. The number of hydrogen-bond acceptors (Lipinski definition) is 6. The Balaban J connectivity index is 2.09. The summed E-state index contributed by atoms with van der Waals surface area (Å²) in [4.78, 5) is 11.3. The van der Waals surface area contributed by atoms with Gasteiger partial charge in [0.2, 0.25) is 0 Å². The number of thioether (sulfide) groups is 1. The van der Waals surface area contributed by atoms with Gasteiger partial charge in [-0.2, -0.15) is 0 Å². The van der Waals surface area contributed by atoms with Crippen LogP contribution in [0, 0.1) is 0 Å². The van der Waals surface area contributed by atoms with Gasteiger partial charge in [-0.05, 0) is 13.3 Å². The van der Waals surface area contributed by atoms with E-state index in [0.717, 1.165) is 12.2 Å². The fraction of sp³-hybridized carbons (Fsp3) is 0.786. The Morgan fingerprint density at radius 1 is 1.10 bits per heavy atom. The highest BCUT2D eigenvalue weighted by Gasteiger charge is 2.15. The molecular formula is C14H24N2O3S. The first kappa shape index (κ1) is 17.0. The smallest absolute Gasteiger partial charge is 0.396 e. The lowest BCUT2D eigenvalue weighted by Crippen LogP contribution is -2.04. The Bertz CT molecular complexity index is 382. The van der Waals surface area contributed by atoms with E-state index in [4.69, 9.17) is 9.15 Å². The summed E-state index contributed by atoms with van der Waals surface area (Å²) in [7, 11) is 0. The van der Waals surface area contributed by atoms with Crippen LogP contribution < -0.4 is 0 Å². The van der Waals surface area contributed by atoms with Crippen LogP contribution in [0.25, 0.3) is 0 Å². The van der Waals surface area contributed by atoms with Crippen molar-refractivity contribution in [2.75, 3.05) is 12.4 Å². The van der Waals surface area contributed by atoms with Crippen LogP contribution in [0.15, 0.2) is 9.64 Å². The van der Waals surface area contributed by atoms with Crippen LogP contribution in [0.1, 0.15) is 69.5 Å². The van der Waals surface area contributed by atoms with E-state index in [9.17, 15) is 4.79 Å². The highest BCUT2D eigenvalue weighted by Crippen LogP contribution is 2.19. The van der Waals surface area contributed by atoms with Crippen LogP contribution in [0.3, 0.4) is 0 Å². The first-order valence-corrected chi connectivity index (χ1v) is 8.39. The molecule has 0 saturated heterocycles. The summed E-state index contributed by atoms with van der Waals surface area (Å²) in [6.45, 7) is 4.28. The molecule has 0 fully saturated rings. The summed E-state index contributed by atoms with van der Waals surface area (Å²) in [5.41, 5.74) is 0. The van der Waals surface area contributed by atoms with Crippen molar-refractivity contribution >= 4 is 17.7 Å². The molecule has 1 aromatic rings. The maximum atomic E-state index is 11.3. The lowest BCUT2D eigenvalue weighted by molar-refractivity contribution is 0.0475. The van der Waals surface area contributed by atoms with Crippen LogP contribution in [0.2, 0.25) is 0 Å². The summed E-state index contributed by atoms with van der Waals surface area (Å²) in [5, 5.41) is 7.94. The molecule has 0 N–H and O–H groups in total. The number of aromatic nitrogens is 2. The van der Waals surface area contributed by atoms with Gasteiger partial charge in [-0.15, -0.1) is 5.10 Å². The van der Waals surface area contributed by atoms with Crippen molar-refractivity contribution in [1.29, 1.82) is 0 Å². The van der Waals surface area contributed by atoms with Gasteiger partial charge in [-0.25, -0.2) is 4.79 Å². The number of hydrogen-bond donors (Lipinski definition) is 0. The Morgan fingerprint density at radius 2 is 1.80 bits per heavy atom. The fourth-order valence-electron chi connectivity index (χ4n) is 1.76. The number of carbonyl (C=O) groups is 1. The lowest BCUT2D eigenvalue weighted by Gasteiger charge is -1.99. The van der Waals surface area contributed by atoms with Crippen molar-refractivity contribution in [2.45, 2.75) is 64.0 Å². The van der Waals surface area contributed by atoms with Gasteiger partial charge in [0.1, 0.15) is 0 Å². The Hall–Kier alpha value is -1.04. The summed E-state index contributed by atoms with van der Waals surface area (Å²) in [6, 6.07) is 0. The van der Waals surface area contributed by atoms with Gasteiger partial charge in [0.05, 0.1) is 6.61 Å². The molecular weight excluding hydrogens is 276 g/mol. The maximum absolute atomic E-state index is 11.3. The minimum absolute atomic E-state index is 0.0612. The predicted octanol–water partition coefficient (Wildman–Crippen LogP) is 4.09. The molecule has 0 aliphatic rings. The molecule has 6 heteroatoms. The van der Waals surface area contributed by atoms with Crippen LogP contribution in [-0.4, -0.2) is 28.5 Å². The third kappa shape index (κ3) is 6.93. The van der Waals surface area contributed by atoms with Gasteiger partial charge >= 0.3 is 11.9 Å². The quantitative estimate of drug-likeness (QED) is 0.348. The van der Waals surface area contributed by atoms with Crippen LogP contribution >= 0.6 is 11.8 Å². The molecule has 0 aromatic carbocycles. The summed E-state index contributed by atoms with van der Waals surface area (Å²) in [6.07, 6.45) is 8.95.